The predicted molar refractivity (Wildman–Crippen MR) is 93.4 cm³/mol. The maximum atomic E-state index is 12.1. The molecule has 1 saturated heterocycles. The summed E-state index contributed by atoms with van der Waals surface area (Å²) in [5.74, 6) is 0.0943. The topological polar surface area (TPSA) is 45.2 Å². The van der Waals surface area contributed by atoms with E-state index in [1.165, 1.54) is 5.56 Å². The van der Waals surface area contributed by atoms with Gasteiger partial charge in [0.1, 0.15) is 0 Å². The molecule has 0 bridgehead atoms. The lowest BCUT2D eigenvalue weighted by Crippen LogP contribution is -2.44. The van der Waals surface area contributed by atoms with Crippen LogP contribution in [0.1, 0.15) is 29.1 Å². The van der Waals surface area contributed by atoms with Crippen molar-refractivity contribution in [2.75, 3.05) is 13.1 Å². The maximum Gasteiger partial charge on any atom is 0.226 e. The van der Waals surface area contributed by atoms with Crippen LogP contribution >= 0.6 is 11.3 Å². The van der Waals surface area contributed by atoms with Crippen LogP contribution < -0.4 is 5.32 Å². The van der Waals surface area contributed by atoms with E-state index in [0.717, 1.165) is 43.2 Å². The van der Waals surface area contributed by atoms with Crippen molar-refractivity contribution >= 4 is 17.2 Å². The SMILES string of the molecule is Cc1nc(CC(=O)NC2CCN(Cc3ccccc3)CC2)cs1. The Morgan fingerprint density at radius 3 is 2.70 bits per heavy atom. The van der Waals surface area contributed by atoms with Gasteiger partial charge in [0.15, 0.2) is 0 Å². The number of aryl methyl sites for hydroxylation is 1. The molecule has 1 aliphatic rings. The van der Waals surface area contributed by atoms with Crippen molar-refractivity contribution < 1.29 is 4.79 Å². The second-order valence-corrected chi connectivity index (χ2v) is 7.20. The van der Waals surface area contributed by atoms with E-state index < -0.39 is 0 Å². The van der Waals surface area contributed by atoms with Crippen LogP contribution in [0.15, 0.2) is 35.7 Å². The average Bonchev–Trinajstić information content (AvgIpc) is 2.95. The Hall–Kier alpha value is -1.72. The molecule has 2 heterocycles. The number of rotatable bonds is 5. The lowest BCUT2D eigenvalue weighted by molar-refractivity contribution is -0.121. The highest BCUT2D eigenvalue weighted by Crippen LogP contribution is 2.14. The quantitative estimate of drug-likeness (QED) is 0.917. The third-order valence-corrected chi connectivity index (χ3v) is 5.03. The van der Waals surface area contributed by atoms with Crippen LogP contribution in [0.4, 0.5) is 0 Å². The fourth-order valence-corrected chi connectivity index (χ4v) is 3.62. The smallest absolute Gasteiger partial charge is 0.226 e. The first-order valence-corrected chi connectivity index (χ1v) is 9.03. The van der Waals surface area contributed by atoms with E-state index in [1.807, 2.05) is 12.3 Å². The third kappa shape index (κ3) is 4.88. The molecule has 1 aromatic carbocycles. The Bertz CT molecular complexity index is 633. The van der Waals surface area contributed by atoms with E-state index in [1.54, 1.807) is 11.3 Å². The fourth-order valence-electron chi connectivity index (χ4n) is 3.01. The van der Waals surface area contributed by atoms with Crippen molar-refractivity contribution in [3.05, 3.63) is 52.0 Å². The number of aromatic nitrogens is 1. The molecule has 3 rings (SSSR count). The van der Waals surface area contributed by atoms with E-state index in [-0.39, 0.29) is 5.91 Å². The van der Waals surface area contributed by atoms with E-state index in [4.69, 9.17) is 0 Å². The molecule has 1 aliphatic heterocycles. The van der Waals surface area contributed by atoms with E-state index in [9.17, 15) is 4.79 Å². The van der Waals surface area contributed by atoms with Crippen LogP contribution in [0.5, 0.6) is 0 Å². The van der Waals surface area contributed by atoms with Crippen molar-refractivity contribution in [2.24, 2.45) is 0 Å². The summed E-state index contributed by atoms with van der Waals surface area (Å²) in [7, 11) is 0. The zero-order chi connectivity index (χ0) is 16.1. The fraction of sp³-hybridized carbons (Fsp3) is 0.444. The van der Waals surface area contributed by atoms with Gasteiger partial charge in [0, 0.05) is 31.1 Å². The van der Waals surface area contributed by atoms with E-state index >= 15 is 0 Å². The highest BCUT2D eigenvalue weighted by Gasteiger charge is 2.21. The predicted octanol–water partition coefficient (Wildman–Crippen LogP) is 2.77. The van der Waals surface area contributed by atoms with Crippen molar-refractivity contribution in [3.63, 3.8) is 0 Å². The first-order chi connectivity index (χ1) is 11.2. The molecular weight excluding hydrogens is 306 g/mol. The molecule has 2 aromatic rings. The van der Waals surface area contributed by atoms with Crippen LogP contribution in [0.25, 0.3) is 0 Å². The molecule has 122 valence electrons. The number of amides is 1. The number of benzene rings is 1. The molecule has 4 nitrogen and oxygen atoms in total. The van der Waals surface area contributed by atoms with Crippen LogP contribution in [-0.4, -0.2) is 34.9 Å². The van der Waals surface area contributed by atoms with Gasteiger partial charge in [-0.15, -0.1) is 11.3 Å². The molecular formula is C18H23N3OS. The number of carbonyl (C=O) groups excluding carboxylic acids is 1. The number of hydrogen-bond acceptors (Lipinski definition) is 4. The van der Waals surface area contributed by atoms with Gasteiger partial charge in [0.05, 0.1) is 17.1 Å². The van der Waals surface area contributed by atoms with Gasteiger partial charge >= 0.3 is 0 Å². The van der Waals surface area contributed by atoms with Gasteiger partial charge in [0.25, 0.3) is 0 Å². The first kappa shape index (κ1) is 16.1. The maximum absolute atomic E-state index is 12.1. The number of nitrogens with one attached hydrogen (secondary N) is 1. The number of hydrogen-bond donors (Lipinski definition) is 1. The Morgan fingerprint density at radius 1 is 1.30 bits per heavy atom. The third-order valence-electron chi connectivity index (χ3n) is 4.21. The van der Waals surface area contributed by atoms with Crippen LogP contribution in [0, 0.1) is 6.92 Å². The highest BCUT2D eigenvalue weighted by molar-refractivity contribution is 7.09. The normalized spacial score (nSPS) is 16.4. The Morgan fingerprint density at radius 2 is 2.04 bits per heavy atom. The number of nitrogens with zero attached hydrogens (tertiary/aromatic N) is 2. The number of piperidine rings is 1. The molecule has 0 saturated carbocycles. The van der Waals surface area contributed by atoms with E-state index in [2.05, 4.69) is 45.5 Å². The Balaban J connectivity index is 1.41. The average molecular weight is 329 g/mol. The van der Waals surface area contributed by atoms with Gasteiger partial charge in [-0.05, 0) is 25.3 Å². The molecule has 0 aliphatic carbocycles. The van der Waals surface area contributed by atoms with E-state index in [0.29, 0.717) is 12.5 Å². The summed E-state index contributed by atoms with van der Waals surface area (Å²) in [6, 6.07) is 10.9. The van der Waals surface area contributed by atoms with Crippen molar-refractivity contribution in [1.29, 1.82) is 0 Å². The largest absolute Gasteiger partial charge is 0.353 e. The number of likely N-dealkylation sites (tertiary alicyclic amines) is 1. The second kappa shape index (κ2) is 7.70. The second-order valence-electron chi connectivity index (χ2n) is 6.14. The van der Waals surface area contributed by atoms with Gasteiger partial charge in [0.2, 0.25) is 5.91 Å². The standard InChI is InChI=1S/C18H23N3OS/c1-14-19-17(13-23-14)11-18(22)20-16-7-9-21(10-8-16)12-15-5-3-2-4-6-15/h2-6,13,16H,7-12H2,1H3,(H,20,22). The minimum absolute atomic E-state index is 0.0943. The minimum Gasteiger partial charge on any atom is -0.353 e. The summed E-state index contributed by atoms with van der Waals surface area (Å²) in [6.45, 7) is 5.04. The van der Waals surface area contributed by atoms with Crippen LogP contribution in [-0.2, 0) is 17.8 Å². The summed E-state index contributed by atoms with van der Waals surface area (Å²) < 4.78 is 0. The van der Waals surface area contributed by atoms with Crippen molar-refractivity contribution in [1.82, 2.24) is 15.2 Å². The molecule has 0 spiro atoms. The lowest BCUT2D eigenvalue weighted by atomic mass is 10.0. The number of carbonyl (C=O) groups is 1. The van der Waals surface area contributed by atoms with Gasteiger partial charge in [-0.25, -0.2) is 4.98 Å². The van der Waals surface area contributed by atoms with Gasteiger partial charge in [-0.3, -0.25) is 9.69 Å². The summed E-state index contributed by atoms with van der Waals surface area (Å²) in [4.78, 5) is 18.9. The van der Waals surface area contributed by atoms with Gasteiger partial charge in [-0.2, -0.15) is 0 Å². The monoisotopic (exact) mass is 329 g/mol. The van der Waals surface area contributed by atoms with Crippen LogP contribution in [0.3, 0.4) is 0 Å². The molecule has 1 N–H and O–H groups in total. The lowest BCUT2D eigenvalue weighted by Gasteiger charge is -2.32. The molecule has 1 aromatic heterocycles. The Kier molecular flexibility index (Phi) is 5.41. The van der Waals surface area contributed by atoms with Crippen molar-refractivity contribution in [2.45, 2.75) is 38.8 Å². The summed E-state index contributed by atoms with van der Waals surface area (Å²) >= 11 is 1.60. The zero-order valence-corrected chi connectivity index (χ0v) is 14.3. The molecule has 1 amide bonds. The molecule has 0 radical (unpaired) electrons. The van der Waals surface area contributed by atoms with Gasteiger partial charge in [-0.1, -0.05) is 30.3 Å². The molecule has 0 unspecified atom stereocenters. The minimum atomic E-state index is 0.0943. The van der Waals surface area contributed by atoms with Crippen LogP contribution in [0.2, 0.25) is 0 Å². The summed E-state index contributed by atoms with van der Waals surface area (Å²) in [5, 5.41) is 6.15. The number of thiazole rings is 1. The first-order valence-electron chi connectivity index (χ1n) is 8.16. The summed E-state index contributed by atoms with van der Waals surface area (Å²) in [5.41, 5.74) is 2.24. The van der Waals surface area contributed by atoms with Crippen molar-refractivity contribution in [3.8, 4) is 0 Å². The summed E-state index contributed by atoms with van der Waals surface area (Å²) in [6.07, 6.45) is 2.44. The Labute approximate surface area is 141 Å². The highest BCUT2D eigenvalue weighted by atomic mass is 32.1. The zero-order valence-electron chi connectivity index (χ0n) is 13.5. The molecule has 1 fully saturated rings. The molecule has 23 heavy (non-hydrogen) atoms. The molecule has 0 atom stereocenters. The molecule has 5 heteroatoms. The van der Waals surface area contributed by atoms with Gasteiger partial charge < -0.3 is 5.32 Å².